The van der Waals surface area contributed by atoms with Gasteiger partial charge >= 0.3 is 0 Å². The van der Waals surface area contributed by atoms with Gasteiger partial charge in [0, 0.05) is 19.5 Å². The number of rotatable bonds is 5. The molecule has 5 nitrogen and oxygen atoms in total. The molecule has 1 atom stereocenters. The molecule has 0 spiro atoms. The van der Waals surface area contributed by atoms with E-state index in [1.54, 1.807) is 0 Å². The smallest absolute Gasteiger partial charge is 0.229 e. The average Bonchev–Trinajstić information content (AvgIpc) is 2.62. The lowest BCUT2D eigenvalue weighted by Gasteiger charge is -2.22. The SMILES string of the molecule is Cc1ccccc1CNc1ccccc1NC(=O)[C@H]1CCC(=O)NC1. The van der Waals surface area contributed by atoms with Crippen LogP contribution in [0.4, 0.5) is 11.4 Å². The molecule has 0 aromatic heterocycles. The number of amides is 2. The summed E-state index contributed by atoms with van der Waals surface area (Å²) in [4.78, 5) is 23.7. The minimum atomic E-state index is -0.179. The largest absolute Gasteiger partial charge is 0.379 e. The van der Waals surface area contributed by atoms with Crippen LogP contribution in [0.25, 0.3) is 0 Å². The standard InChI is InChI=1S/C20H23N3O2/c1-14-6-2-3-7-15(14)12-21-17-8-4-5-9-18(17)23-20(25)16-10-11-19(24)22-13-16/h2-9,16,21H,10-13H2,1H3,(H,22,24)(H,23,25)/t16-/m0/s1. The Morgan fingerprint density at radius 1 is 1.12 bits per heavy atom. The number of hydrogen-bond donors (Lipinski definition) is 3. The molecule has 1 aliphatic rings. The van der Waals surface area contributed by atoms with Crippen molar-refractivity contribution in [2.45, 2.75) is 26.3 Å². The zero-order chi connectivity index (χ0) is 17.6. The van der Waals surface area contributed by atoms with E-state index in [1.165, 1.54) is 11.1 Å². The van der Waals surface area contributed by atoms with E-state index in [0.29, 0.717) is 25.9 Å². The molecule has 130 valence electrons. The predicted molar refractivity (Wildman–Crippen MR) is 99.3 cm³/mol. The van der Waals surface area contributed by atoms with Gasteiger partial charge < -0.3 is 16.0 Å². The van der Waals surface area contributed by atoms with Crippen molar-refractivity contribution in [2.24, 2.45) is 5.92 Å². The third kappa shape index (κ3) is 4.38. The first-order chi connectivity index (χ1) is 12.1. The molecule has 3 rings (SSSR count). The van der Waals surface area contributed by atoms with Gasteiger partial charge in [-0.15, -0.1) is 0 Å². The first-order valence-electron chi connectivity index (χ1n) is 8.58. The Kier molecular flexibility index (Phi) is 5.33. The molecule has 1 heterocycles. The Labute approximate surface area is 147 Å². The van der Waals surface area contributed by atoms with Crippen molar-refractivity contribution in [3.63, 3.8) is 0 Å². The number of benzene rings is 2. The minimum absolute atomic E-state index is 0.0179. The Morgan fingerprint density at radius 3 is 2.56 bits per heavy atom. The van der Waals surface area contributed by atoms with Crippen molar-refractivity contribution in [3.8, 4) is 0 Å². The van der Waals surface area contributed by atoms with Crippen molar-refractivity contribution >= 4 is 23.2 Å². The number of para-hydroxylation sites is 2. The molecule has 2 aromatic rings. The highest BCUT2D eigenvalue weighted by atomic mass is 16.2. The Bertz CT molecular complexity index is 763. The van der Waals surface area contributed by atoms with Crippen LogP contribution < -0.4 is 16.0 Å². The van der Waals surface area contributed by atoms with Gasteiger partial charge in [0.1, 0.15) is 0 Å². The predicted octanol–water partition coefficient (Wildman–Crippen LogP) is 3.07. The Balaban J connectivity index is 1.65. The molecule has 5 heteroatoms. The Morgan fingerprint density at radius 2 is 1.84 bits per heavy atom. The van der Waals surface area contributed by atoms with E-state index >= 15 is 0 Å². The summed E-state index contributed by atoms with van der Waals surface area (Å²) < 4.78 is 0. The fourth-order valence-electron chi connectivity index (χ4n) is 2.94. The van der Waals surface area contributed by atoms with Gasteiger partial charge in [-0.05, 0) is 36.6 Å². The van der Waals surface area contributed by atoms with Crippen LogP contribution in [-0.4, -0.2) is 18.4 Å². The molecule has 2 aromatic carbocycles. The number of hydrogen-bond acceptors (Lipinski definition) is 3. The van der Waals surface area contributed by atoms with Crippen LogP contribution in [0.3, 0.4) is 0 Å². The van der Waals surface area contributed by atoms with Crippen LogP contribution in [0, 0.1) is 12.8 Å². The van der Waals surface area contributed by atoms with Gasteiger partial charge in [-0.2, -0.15) is 0 Å². The van der Waals surface area contributed by atoms with E-state index in [0.717, 1.165) is 11.4 Å². The molecule has 3 N–H and O–H groups in total. The zero-order valence-corrected chi connectivity index (χ0v) is 14.3. The summed E-state index contributed by atoms with van der Waals surface area (Å²) in [6.07, 6.45) is 1.00. The summed E-state index contributed by atoms with van der Waals surface area (Å²) in [5.74, 6) is -0.211. The molecule has 0 radical (unpaired) electrons. The summed E-state index contributed by atoms with van der Waals surface area (Å²) in [5.41, 5.74) is 4.10. The molecule has 0 saturated carbocycles. The second-order valence-corrected chi connectivity index (χ2v) is 6.35. The third-order valence-electron chi connectivity index (χ3n) is 4.55. The molecule has 0 unspecified atom stereocenters. The third-order valence-corrected chi connectivity index (χ3v) is 4.55. The van der Waals surface area contributed by atoms with E-state index in [4.69, 9.17) is 0 Å². The van der Waals surface area contributed by atoms with E-state index in [1.807, 2.05) is 36.4 Å². The van der Waals surface area contributed by atoms with E-state index in [-0.39, 0.29) is 17.7 Å². The first-order valence-corrected chi connectivity index (χ1v) is 8.58. The van der Waals surface area contributed by atoms with Gasteiger partial charge in [0.2, 0.25) is 11.8 Å². The van der Waals surface area contributed by atoms with Gasteiger partial charge in [0.25, 0.3) is 0 Å². The average molecular weight is 337 g/mol. The number of anilines is 2. The maximum atomic E-state index is 12.5. The van der Waals surface area contributed by atoms with Gasteiger partial charge in [-0.1, -0.05) is 36.4 Å². The maximum Gasteiger partial charge on any atom is 0.229 e. The van der Waals surface area contributed by atoms with E-state index < -0.39 is 0 Å². The van der Waals surface area contributed by atoms with Crippen LogP contribution in [-0.2, 0) is 16.1 Å². The summed E-state index contributed by atoms with van der Waals surface area (Å²) in [5, 5.41) is 9.15. The summed E-state index contributed by atoms with van der Waals surface area (Å²) in [6.45, 7) is 3.19. The first kappa shape index (κ1) is 17.0. The van der Waals surface area contributed by atoms with Crippen molar-refractivity contribution in [3.05, 3.63) is 59.7 Å². The molecule has 1 aliphatic heterocycles. The molecular formula is C20H23N3O2. The van der Waals surface area contributed by atoms with Gasteiger partial charge in [0.05, 0.1) is 17.3 Å². The molecule has 1 saturated heterocycles. The maximum absolute atomic E-state index is 12.5. The van der Waals surface area contributed by atoms with Gasteiger partial charge in [0.15, 0.2) is 0 Å². The van der Waals surface area contributed by atoms with Crippen molar-refractivity contribution < 1.29 is 9.59 Å². The van der Waals surface area contributed by atoms with Gasteiger partial charge in [-0.25, -0.2) is 0 Å². The van der Waals surface area contributed by atoms with Crippen molar-refractivity contribution in [1.29, 1.82) is 0 Å². The molecule has 25 heavy (non-hydrogen) atoms. The Hall–Kier alpha value is -2.82. The van der Waals surface area contributed by atoms with Crippen LogP contribution >= 0.6 is 0 Å². The highest BCUT2D eigenvalue weighted by Crippen LogP contribution is 2.24. The highest BCUT2D eigenvalue weighted by Gasteiger charge is 2.24. The van der Waals surface area contributed by atoms with Crippen LogP contribution in [0.5, 0.6) is 0 Å². The fraction of sp³-hybridized carbons (Fsp3) is 0.300. The number of nitrogens with one attached hydrogen (secondary N) is 3. The van der Waals surface area contributed by atoms with Crippen LogP contribution in [0.2, 0.25) is 0 Å². The lowest BCUT2D eigenvalue weighted by Crippen LogP contribution is -2.40. The van der Waals surface area contributed by atoms with Crippen molar-refractivity contribution in [2.75, 3.05) is 17.2 Å². The summed E-state index contributed by atoms with van der Waals surface area (Å²) in [7, 11) is 0. The minimum Gasteiger partial charge on any atom is -0.379 e. The lowest BCUT2D eigenvalue weighted by atomic mass is 9.98. The van der Waals surface area contributed by atoms with E-state index in [2.05, 4.69) is 35.0 Å². The molecule has 0 bridgehead atoms. The number of aryl methyl sites for hydroxylation is 1. The molecule has 0 aliphatic carbocycles. The molecular weight excluding hydrogens is 314 g/mol. The normalized spacial score (nSPS) is 16.8. The fourth-order valence-corrected chi connectivity index (χ4v) is 2.94. The quantitative estimate of drug-likeness (QED) is 0.785. The highest BCUT2D eigenvalue weighted by molar-refractivity contribution is 5.96. The van der Waals surface area contributed by atoms with Crippen LogP contribution in [0.1, 0.15) is 24.0 Å². The molecule has 1 fully saturated rings. The second-order valence-electron chi connectivity index (χ2n) is 6.35. The van der Waals surface area contributed by atoms with E-state index in [9.17, 15) is 9.59 Å². The zero-order valence-electron chi connectivity index (χ0n) is 14.3. The summed E-state index contributed by atoms with van der Waals surface area (Å²) in [6, 6.07) is 15.9. The van der Waals surface area contributed by atoms with Gasteiger partial charge in [-0.3, -0.25) is 9.59 Å². The topological polar surface area (TPSA) is 70.2 Å². The number of carbonyl (C=O) groups is 2. The second kappa shape index (κ2) is 7.83. The number of carbonyl (C=O) groups excluding carboxylic acids is 2. The number of piperidine rings is 1. The monoisotopic (exact) mass is 337 g/mol. The molecule has 2 amide bonds. The summed E-state index contributed by atoms with van der Waals surface area (Å²) >= 11 is 0. The van der Waals surface area contributed by atoms with Crippen LogP contribution in [0.15, 0.2) is 48.5 Å². The lowest BCUT2D eigenvalue weighted by molar-refractivity contribution is -0.126. The van der Waals surface area contributed by atoms with Crippen molar-refractivity contribution in [1.82, 2.24) is 5.32 Å².